The molecule has 0 aliphatic carbocycles. The maximum atomic E-state index is 5.94. The number of nitrogens with two attached hydrogens (primary N) is 1. The number of para-hydroxylation sites is 1. The number of methoxy groups -OCH3 is 1. The van der Waals surface area contributed by atoms with Crippen molar-refractivity contribution in [3.63, 3.8) is 0 Å². The Kier molecular flexibility index (Phi) is 9.73. The number of rotatable bonds is 7. The first-order valence-corrected chi connectivity index (χ1v) is 8.02. The molecule has 0 atom stereocenters. The van der Waals surface area contributed by atoms with E-state index in [0.717, 1.165) is 21.5 Å². The normalized spacial score (nSPS) is 10.8. The summed E-state index contributed by atoms with van der Waals surface area (Å²) in [4.78, 5) is 4.33. The van der Waals surface area contributed by atoms with Gasteiger partial charge in [-0.2, -0.15) is 0 Å². The Bertz CT molecular complexity index is 654. The summed E-state index contributed by atoms with van der Waals surface area (Å²) in [5.74, 6) is 1.91. The molecule has 2 aromatic carbocycles. The van der Waals surface area contributed by atoms with E-state index in [1.165, 1.54) is 0 Å². The molecule has 3 N–H and O–H groups in total. The lowest BCUT2D eigenvalue weighted by atomic mass is 10.2. The third-order valence-corrected chi connectivity index (χ3v) is 3.53. The van der Waals surface area contributed by atoms with Crippen molar-refractivity contribution in [3.05, 3.63) is 58.6 Å². The monoisotopic (exact) mass is 505 g/mol. The SMILES string of the molecule is COCCNC(N)=NCc1ccc(Br)cc1Oc1ccccc1.I. The number of halogens is 2. The van der Waals surface area contributed by atoms with Crippen LogP contribution in [0.25, 0.3) is 0 Å². The molecule has 7 heteroatoms. The lowest BCUT2D eigenvalue weighted by molar-refractivity contribution is 0.204. The minimum absolute atomic E-state index is 0. The maximum Gasteiger partial charge on any atom is 0.189 e. The Hall–Kier alpha value is -1.32. The summed E-state index contributed by atoms with van der Waals surface area (Å²) in [5.41, 5.74) is 6.78. The van der Waals surface area contributed by atoms with E-state index in [9.17, 15) is 0 Å². The summed E-state index contributed by atoms with van der Waals surface area (Å²) >= 11 is 3.47. The van der Waals surface area contributed by atoms with Crippen molar-refractivity contribution in [2.75, 3.05) is 20.3 Å². The van der Waals surface area contributed by atoms with Crippen molar-refractivity contribution < 1.29 is 9.47 Å². The molecule has 0 amide bonds. The van der Waals surface area contributed by atoms with Gasteiger partial charge in [0.25, 0.3) is 0 Å². The number of hydrogen-bond donors (Lipinski definition) is 2. The van der Waals surface area contributed by atoms with Crippen molar-refractivity contribution in [3.8, 4) is 11.5 Å². The third-order valence-electron chi connectivity index (χ3n) is 3.03. The van der Waals surface area contributed by atoms with Gasteiger partial charge in [-0.15, -0.1) is 24.0 Å². The Labute approximate surface area is 167 Å². The molecule has 130 valence electrons. The molecule has 0 unspecified atom stereocenters. The van der Waals surface area contributed by atoms with Crippen molar-refractivity contribution in [2.24, 2.45) is 10.7 Å². The first kappa shape index (κ1) is 20.7. The molecule has 2 aromatic rings. The Morgan fingerprint density at radius 2 is 1.96 bits per heavy atom. The third kappa shape index (κ3) is 7.06. The quantitative estimate of drug-likeness (QED) is 0.259. The van der Waals surface area contributed by atoms with Gasteiger partial charge in [-0.3, -0.25) is 0 Å². The number of aliphatic imine (C=N–C) groups is 1. The molecule has 0 fully saturated rings. The van der Waals surface area contributed by atoms with Gasteiger partial charge in [0, 0.05) is 23.7 Å². The molecular weight excluding hydrogens is 485 g/mol. The number of guanidine groups is 1. The molecule has 0 heterocycles. The topological polar surface area (TPSA) is 68.9 Å². The van der Waals surface area contributed by atoms with Crippen LogP contribution in [0.5, 0.6) is 11.5 Å². The highest BCUT2D eigenvalue weighted by atomic mass is 127. The molecule has 0 bridgehead atoms. The minimum Gasteiger partial charge on any atom is -0.457 e. The van der Waals surface area contributed by atoms with Gasteiger partial charge in [0.2, 0.25) is 0 Å². The molecule has 0 radical (unpaired) electrons. The fraction of sp³-hybridized carbons (Fsp3) is 0.235. The van der Waals surface area contributed by atoms with Crippen molar-refractivity contribution in [1.29, 1.82) is 0 Å². The average Bonchev–Trinajstić information content (AvgIpc) is 2.55. The van der Waals surface area contributed by atoms with Crippen LogP contribution in [0, 0.1) is 0 Å². The fourth-order valence-corrected chi connectivity index (χ4v) is 2.22. The molecular formula is C17H21BrIN3O2. The first-order chi connectivity index (χ1) is 11.2. The lowest BCUT2D eigenvalue weighted by Crippen LogP contribution is -2.34. The van der Waals surface area contributed by atoms with E-state index in [0.29, 0.717) is 25.7 Å². The standard InChI is InChI=1S/C17H20BrN3O2.HI/c1-22-10-9-20-17(19)21-12-13-7-8-14(18)11-16(13)23-15-5-3-2-4-6-15;/h2-8,11H,9-10,12H2,1H3,(H3,19,20,21);1H. The van der Waals surface area contributed by atoms with Crippen LogP contribution in [0.3, 0.4) is 0 Å². The molecule has 0 aromatic heterocycles. The van der Waals surface area contributed by atoms with Crippen LogP contribution in [0.4, 0.5) is 0 Å². The summed E-state index contributed by atoms with van der Waals surface area (Å²) in [6.07, 6.45) is 0. The van der Waals surface area contributed by atoms with Crippen LogP contribution < -0.4 is 15.8 Å². The van der Waals surface area contributed by atoms with Crippen LogP contribution in [-0.4, -0.2) is 26.2 Å². The first-order valence-electron chi connectivity index (χ1n) is 7.23. The smallest absolute Gasteiger partial charge is 0.189 e. The summed E-state index contributed by atoms with van der Waals surface area (Å²) in [6, 6.07) is 15.5. The lowest BCUT2D eigenvalue weighted by Gasteiger charge is -2.11. The van der Waals surface area contributed by atoms with E-state index in [4.69, 9.17) is 15.2 Å². The molecule has 0 saturated heterocycles. The van der Waals surface area contributed by atoms with Crippen LogP contribution >= 0.6 is 39.9 Å². The van der Waals surface area contributed by atoms with Crippen molar-refractivity contribution >= 4 is 45.9 Å². The van der Waals surface area contributed by atoms with Gasteiger partial charge < -0.3 is 20.5 Å². The summed E-state index contributed by atoms with van der Waals surface area (Å²) < 4.78 is 11.8. The van der Waals surface area contributed by atoms with Crippen LogP contribution in [0.15, 0.2) is 58.0 Å². The van der Waals surface area contributed by atoms with Crippen LogP contribution in [0.2, 0.25) is 0 Å². The summed E-state index contributed by atoms with van der Waals surface area (Å²) in [5, 5.41) is 2.99. The highest BCUT2D eigenvalue weighted by molar-refractivity contribution is 14.0. The van der Waals surface area contributed by atoms with Gasteiger partial charge in [0.1, 0.15) is 11.5 Å². The second-order valence-corrected chi connectivity index (χ2v) is 5.70. The molecule has 0 spiro atoms. The van der Waals surface area contributed by atoms with Crippen molar-refractivity contribution in [2.45, 2.75) is 6.54 Å². The summed E-state index contributed by atoms with van der Waals surface area (Å²) in [6.45, 7) is 1.64. The van der Waals surface area contributed by atoms with Gasteiger partial charge in [-0.25, -0.2) is 4.99 Å². The van der Waals surface area contributed by atoms with E-state index < -0.39 is 0 Å². The predicted octanol–water partition coefficient (Wildman–Crippen LogP) is 3.91. The highest BCUT2D eigenvalue weighted by Crippen LogP contribution is 2.29. The second-order valence-electron chi connectivity index (χ2n) is 4.79. The van der Waals surface area contributed by atoms with Gasteiger partial charge >= 0.3 is 0 Å². The fourth-order valence-electron chi connectivity index (χ4n) is 1.88. The zero-order chi connectivity index (χ0) is 16.5. The number of nitrogens with zero attached hydrogens (tertiary/aromatic N) is 1. The number of ether oxygens (including phenoxy) is 2. The van der Waals surface area contributed by atoms with Crippen LogP contribution in [-0.2, 0) is 11.3 Å². The molecule has 2 rings (SSSR count). The molecule has 0 aliphatic rings. The molecule has 5 nitrogen and oxygen atoms in total. The molecule has 0 aliphatic heterocycles. The Balaban J connectivity index is 0.00000288. The second kappa shape index (κ2) is 11.3. The number of hydrogen-bond acceptors (Lipinski definition) is 3. The molecule has 24 heavy (non-hydrogen) atoms. The molecule has 0 saturated carbocycles. The largest absolute Gasteiger partial charge is 0.457 e. The zero-order valence-electron chi connectivity index (χ0n) is 13.4. The Morgan fingerprint density at radius 3 is 2.67 bits per heavy atom. The van der Waals surface area contributed by atoms with Crippen LogP contribution in [0.1, 0.15) is 5.56 Å². The van der Waals surface area contributed by atoms with Crippen molar-refractivity contribution in [1.82, 2.24) is 5.32 Å². The maximum absolute atomic E-state index is 5.94. The van der Waals surface area contributed by atoms with E-state index in [-0.39, 0.29) is 24.0 Å². The van der Waals surface area contributed by atoms with E-state index >= 15 is 0 Å². The van der Waals surface area contributed by atoms with Gasteiger partial charge in [0.05, 0.1) is 13.2 Å². The number of benzene rings is 2. The minimum atomic E-state index is 0. The van der Waals surface area contributed by atoms with E-state index in [1.54, 1.807) is 7.11 Å². The number of nitrogens with one attached hydrogen (secondary N) is 1. The Morgan fingerprint density at radius 1 is 1.21 bits per heavy atom. The summed E-state index contributed by atoms with van der Waals surface area (Å²) in [7, 11) is 1.64. The van der Waals surface area contributed by atoms with E-state index in [2.05, 4.69) is 26.2 Å². The van der Waals surface area contributed by atoms with Gasteiger partial charge in [-0.05, 0) is 24.3 Å². The predicted molar refractivity (Wildman–Crippen MR) is 111 cm³/mol. The van der Waals surface area contributed by atoms with E-state index in [1.807, 2.05) is 48.5 Å². The van der Waals surface area contributed by atoms with Gasteiger partial charge in [-0.1, -0.05) is 40.2 Å². The highest BCUT2D eigenvalue weighted by Gasteiger charge is 2.06. The average molecular weight is 506 g/mol. The van der Waals surface area contributed by atoms with Gasteiger partial charge in [0.15, 0.2) is 5.96 Å². The zero-order valence-corrected chi connectivity index (χ0v) is 17.3.